The van der Waals surface area contributed by atoms with E-state index in [2.05, 4.69) is 41.7 Å². The van der Waals surface area contributed by atoms with E-state index in [9.17, 15) is 19.6 Å². The van der Waals surface area contributed by atoms with Gasteiger partial charge in [0.25, 0.3) is 5.91 Å². The maximum atomic E-state index is 14.4. The molecule has 1 fully saturated rings. The minimum atomic E-state index is -1.67. The van der Waals surface area contributed by atoms with Crippen LogP contribution in [0.1, 0.15) is 43.6 Å². The number of nitrogens with one attached hydrogen (secondary N) is 2. The van der Waals surface area contributed by atoms with Crippen LogP contribution in [0.4, 0.5) is 21.7 Å². The van der Waals surface area contributed by atoms with Gasteiger partial charge in [0.2, 0.25) is 5.95 Å². The zero-order valence-corrected chi connectivity index (χ0v) is 23.7. The van der Waals surface area contributed by atoms with Crippen LogP contribution in [0, 0.1) is 11.3 Å². The lowest BCUT2D eigenvalue weighted by atomic mass is 10.0. The molecule has 1 aliphatic heterocycles. The van der Waals surface area contributed by atoms with E-state index in [1.54, 1.807) is 29.0 Å². The van der Waals surface area contributed by atoms with E-state index in [0.29, 0.717) is 52.9 Å². The molecule has 1 amide bonds. The fourth-order valence-electron chi connectivity index (χ4n) is 4.71. The van der Waals surface area contributed by atoms with Crippen LogP contribution < -0.4 is 15.5 Å². The van der Waals surface area contributed by atoms with E-state index in [0.717, 1.165) is 0 Å². The van der Waals surface area contributed by atoms with Gasteiger partial charge in [0.1, 0.15) is 12.2 Å². The van der Waals surface area contributed by atoms with E-state index >= 15 is 0 Å². The van der Waals surface area contributed by atoms with Gasteiger partial charge in [-0.25, -0.2) is 18.9 Å². The smallest absolute Gasteiger partial charge is 0.255 e. The maximum absolute atomic E-state index is 14.4. The third-order valence-corrected chi connectivity index (χ3v) is 6.87. The van der Waals surface area contributed by atoms with Crippen LogP contribution in [0.3, 0.4) is 0 Å². The van der Waals surface area contributed by atoms with Crippen LogP contribution in [-0.4, -0.2) is 79.2 Å². The molecule has 0 aliphatic carbocycles. The summed E-state index contributed by atoms with van der Waals surface area (Å²) < 4.78 is 21.8. The molecule has 5 heterocycles. The molecule has 12 nitrogen and oxygen atoms in total. The van der Waals surface area contributed by atoms with Crippen LogP contribution in [0.2, 0.25) is 0 Å². The first kappa shape index (κ1) is 28.8. The molecule has 0 saturated carbocycles. The molecule has 4 aromatic heterocycles. The Morgan fingerprint density at radius 2 is 1.88 bits per heavy atom. The number of anilines is 3. The van der Waals surface area contributed by atoms with Crippen molar-refractivity contribution < 1.29 is 19.0 Å². The molecule has 5 rings (SSSR count). The number of fused-ring (bicyclic) bond motifs is 1. The predicted molar refractivity (Wildman–Crippen MR) is 154 cm³/mol. The highest BCUT2D eigenvalue weighted by Crippen LogP contribution is 2.28. The van der Waals surface area contributed by atoms with Gasteiger partial charge in [0, 0.05) is 19.3 Å². The summed E-state index contributed by atoms with van der Waals surface area (Å²) in [7, 11) is 0. The van der Waals surface area contributed by atoms with Gasteiger partial charge >= 0.3 is 0 Å². The second kappa shape index (κ2) is 11.7. The highest BCUT2D eigenvalue weighted by molar-refractivity contribution is 6.00. The molecule has 3 N–H and O–H groups in total. The number of nitrogens with zero attached hydrogens (tertiary/aromatic N) is 7. The molecule has 4 aromatic rings. The van der Waals surface area contributed by atoms with Crippen LogP contribution >= 0.6 is 0 Å². The number of halogens is 1. The van der Waals surface area contributed by atoms with Crippen molar-refractivity contribution in [2.24, 2.45) is 0 Å². The van der Waals surface area contributed by atoms with Gasteiger partial charge in [0.15, 0.2) is 0 Å². The third kappa shape index (κ3) is 6.29. The molecule has 0 bridgehead atoms. The normalized spacial score (nSPS) is 18.0. The van der Waals surface area contributed by atoms with Crippen molar-refractivity contribution in [2.45, 2.75) is 51.7 Å². The lowest BCUT2D eigenvalue weighted by Gasteiger charge is -2.35. The number of pyridine rings is 1. The summed E-state index contributed by atoms with van der Waals surface area (Å²) in [5.41, 5.74) is 1.72. The van der Waals surface area contributed by atoms with Crippen molar-refractivity contribution >= 4 is 28.7 Å². The van der Waals surface area contributed by atoms with E-state index in [-0.39, 0.29) is 24.3 Å². The van der Waals surface area contributed by atoms with Crippen LogP contribution in [0.25, 0.3) is 16.9 Å². The Labute approximate surface area is 242 Å². The Morgan fingerprint density at radius 3 is 2.55 bits per heavy atom. The fraction of sp³-hybridized carbons (Fsp3) is 0.379. The van der Waals surface area contributed by atoms with Gasteiger partial charge in [-0.15, -0.1) is 0 Å². The Kier molecular flexibility index (Phi) is 8.02. The standard InChI is InChI=1S/C29H32FN9O3/c1-17-15-38(16-18(2)42-17)28-34-11-20(12-35-28)37-23-8-24(25-6-5-21-7-19(9-31)10-36-39(21)25)32-13-22(23)27(40)33-14-26(30)29(3,4)41/h5-8,10-13,17-18,26,41H,14-16H2,1-4H3,(H,32,37)(H,33,40)/t17-,18+,26-/m1/s1. The Bertz CT molecular complexity index is 1620. The van der Waals surface area contributed by atoms with E-state index < -0.39 is 17.7 Å². The maximum Gasteiger partial charge on any atom is 0.255 e. The number of nitriles is 1. The van der Waals surface area contributed by atoms with Crippen molar-refractivity contribution in [1.82, 2.24) is 29.9 Å². The van der Waals surface area contributed by atoms with Crippen molar-refractivity contribution in [3.05, 3.63) is 60.2 Å². The van der Waals surface area contributed by atoms with Crippen LogP contribution in [0.5, 0.6) is 0 Å². The van der Waals surface area contributed by atoms with Gasteiger partial charge in [-0.05, 0) is 52.0 Å². The largest absolute Gasteiger partial charge is 0.387 e. The molecule has 42 heavy (non-hydrogen) atoms. The van der Waals surface area contributed by atoms with Gasteiger partial charge in [-0.1, -0.05) is 0 Å². The van der Waals surface area contributed by atoms with Crippen molar-refractivity contribution in [1.29, 1.82) is 5.26 Å². The Balaban J connectivity index is 1.45. The van der Waals surface area contributed by atoms with E-state index in [1.165, 1.54) is 26.2 Å². The summed E-state index contributed by atoms with van der Waals surface area (Å²) in [4.78, 5) is 28.7. The second-order valence-electron chi connectivity index (χ2n) is 10.9. The SMILES string of the molecule is C[C@@H]1CN(c2ncc(Nc3cc(-c4ccc5cc(C#N)cnn45)ncc3C(=O)NC[C@@H](F)C(C)(C)O)cn2)C[C@H](C)O1. The number of carbonyl (C=O) groups excluding carboxylic acids is 1. The summed E-state index contributed by atoms with van der Waals surface area (Å²) >= 11 is 0. The molecule has 0 spiro atoms. The number of amides is 1. The van der Waals surface area contributed by atoms with E-state index in [1.807, 2.05) is 26.0 Å². The first-order chi connectivity index (χ1) is 20.0. The summed E-state index contributed by atoms with van der Waals surface area (Å²) in [6.45, 7) is 7.65. The zero-order chi connectivity index (χ0) is 30.0. The second-order valence-corrected chi connectivity index (χ2v) is 10.9. The summed E-state index contributed by atoms with van der Waals surface area (Å²) in [5, 5.41) is 29.2. The summed E-state index contributed by atoms with van der Waals surface area (Å²) in [5.74, 6) is -0.00640. The minimum Gasteiger partial charge on any atom is -0.387 e. The van der Waals surface area contributed by atoms with Gasteiger partial charge in [-0.3, -0.25) is 9.78 Å². The molecule has 0 aromatic carbocycles. The topological polar surface area (TPSA) is 154 Å². The first-order valence-electron chi connectivity index (χ1n) is 13.5. The van der Waals surface area contributed by atoms with Gasteiger partial charge in [0.05, 0.1) is 82.4 Å². The molecular weight excluding hydrogens is 541 g/mol. The molecule has 1 aliphatic rings. The van der Waals surface area contributed by atoms with E-state index in [4.69, 9.17) is 4.74 Å². The molecule has 0 radical (unpaired) electrons. The average Bonchev–Trinajstić information content (AvgIpc) is 3.38. The molecule has 13 heteroatoms. The first-order valence-corrected chi connectivity index (χ1v) is 13.5. The number of aromatic nitrogens is 5. The lowest BCUT2D eigenvalue weighted by molar-refractivity contribution is -0.00574. The fourth-order valence-corrected chi connectivity index (χ4v) is 4.71. The van der Waals surface area contributed by atoms with Gasteiger partial charge in [-0.2, -0.15) is 10.4 Å². The van der Waals surface area contributed by atoms with Gasteiger partial charge < -0.3 is 25.4 Å². The number of hydrogen-bond donors (Lipinski definition) is 3. The highest BCUT2D eigenvalue weighted by Gasteiger charge is 2.28. The molecule has 3 atom stereocenters. The number of aliphatic hydroxyl groups is 1. The number of ether oxygens (including phenoxy) is 1. The number of rotatable bonds is 8. The minimum absolute atomic E-state index is 0.0536. The highest BCUT2D eigenvalue weighted by atomic mass is 19.1. The lowest BCUT2D eigenvalue weighted by Crippen LogP contribution is -2.46. The monoisotopic (exact) mass is 573 g/mol. The Hall–Kier alpha value is -4.67. The molecule has 0 unspecified atom stereocenters. The number of hydrogen-bond acceptors (Lipinski definition) is 10. The molecule has 1 saturated heterocycles. The number of alkyl halides is 1. The Morgan fingerprint density at radius 1 is 1.17 bits per heavy atom. The summed E-state index contributed by atoms with van der Waals surface area (Å²) in [6.07, 6.45) is 4.53. The van der Waals surface area contributed by atoms with Crippen molar-refractivity contribution in [3.8, 4) is 17.5 Å². The van der Waals surface area contributed by atoms with Crippen LogP contribution in [0.15, 0.2) is 49.1 Å². The van der Waals surface area contributed by atoms with Crippen LogP contribution in [-0.2, 0) is 4.74 Å². The third-order valence-electron chi connectivity index (χ3n) is 6.87. The molecule has 218 valence electrons. The molecular formula is C29H32FN9O3. The summed E-state index contributed by atoms with van der Waals surface area (Å²) in [6, 6.07) is 9.09. The van der Waals surface area contributed by atoms with Crippen molar-refractivity contribution in [3.63, 3.8) is 0 Å². The quantitative estimate of drug-likeness (QED) is 0.286. The average molecular weight is 574 g/mol. The predicted octanol–water partition coefficient (Wildman–Crippen LogP) is 3.25. The number of carbonyl (C=O) groups is 1. The zero-order valence-electron chi connectivity index (χ0n) is 23.7. The van der Waals surface area contributed by atoms with Crippen molar-refractivity contribution in [2.75, 3.05) is 29.9 Å². The number of morpholine rings is 1.